The van der Waals surface area contributed by atoms with Gasteiger partial charge in [-0.3, -0.25) is 10.1 Å². The Bertz CT molecular complexity index is 686. The number of hydrogen-bond donors (Lipinski definition) is 0. The number of hydrazone groups is 1. The number of hydrogen-bond acceptors (Lipinski definition) is 5. The molecule has 1 heterocycles. The van der Waals surface area contributed by atoms with Crippen molar-refractivity contribution in [1.29, 1.82) is 0 Å². The molecule has 0 spiro atoms. The first-order chi connectivity index (χ1) is 9.99. The van der Waals surface area contributed by atoms with Crippen molar-refractivity contribution in [2.75, 3.05) is 12.1 Å². The Morgan fingerprint density at radius 2 is 2.00 bits per heavy atom. The van der Waals surface area contributed by atoms with Gasteiger partial charge in [-0.15, -0.1) is 0 Å². The van der Waals surface area contributed by atoms with Crippen LogP contribution in [0.2, 0.25) is 0 Å². The van der Waals surface area contributed by atoms with E-state index in [4.69, 9.17) is 0 Å². The third kappa shape index (κ3) is 3.75. The Morgan fingerprint density at radius 1 is 1.33 bits per heavy atom. The third-order valence-corrected chi connectivity index (χ3v) is 3.55. The molecular formula is C14H13IN4O2. The van der Waals surface area contributed by atoms with Gasteiger partial charge in [0.05, 0.1) is 10.6 Å². The molecule has 7 heteroatoms. The van der Waals surface area contributed by atoms with Gasteiger partial charge in [-0.25, -0.2) is 9.99 Å². The van der Waals surface area contributed by atoms with E-state index >= 15 is 0 Å². The largest absolute Gasteiger partial charge is 0.313 e. The van der Waals surface area contributed by atoms with Gasteiger partial charge in [0.1, 0.15) is 0 Å². The first-order valence-electron chi connectivity index (χ1n) is 6.13. The van der Waals surface area contributed by atoms with Gasteiger partial charge < -0.3 is 0 Å². The van der Waals surface area contributed by atoms with Gasteiger partial charge in [-0.2, -0.15) is 5.10 Å². The summed E-state index contributed by atoms with van der Waals surface area (Å²) in [7, 11) is 1.64. The topological polar surface area (TPSA) is 71.6 Å². The zero-order valence-corrected chi connectivity index (χ0v) is 13.7. The second-order valence-electron chi connectivity index (χ2n) is 4.32. The predicted molar refractivity (Wildman–Crippen MR) is 90.7 cm³/mol. The molecule has 0 aliphatic heterocycles. The molecule has 6 nitrogen and oxygen atoms in total. The third-order valence-electron chi connectivity index (χ3n) is 2.83. The van der Waals surface area contributed by atoms with Crippen LogP contribution in [0.25, 0.3) is 0 Å². The average Bonchev–Trinajstić information content (AvgIpc) is 2.47. The summed E-state index contributed by atoms with van der Waals surface area (Å²) in [6.45, 7) is 1.85. The van der Waals surface area contributed by atoms with E-state index in [1.807, 2.05) is 31.2 Å². The maximum atomic E-state index is 11.0. The number of rotatable bonds is 4. The molecule has 0 saturated carbocycles. The van der Waals surface area contributed by atoms with E-state index in [-0.39, 0.29) is 11.5 Å². The Kier molecular flexibility index (Phi) is 4.84. The van der Waals surface area contributed by atoms with E-state index in [0.717, 1.165) is 14.8 Å². The van der Waals surface area contributed by atoms with Crippen LogP contribution in [0.1, 0.15) is 12.5 Å². The van der Waals surface area contributed by atoms with Crippen molar-refractivity contribution >= 4 is 39.8 Å². The second kappa shape index (κ2) is 6.61. The van der Waals surface area contributed by atoms with Crippen molar-refractivity contribution in [3.63, 3.8) is 0 Å². The van der Waals surface area contributed by atoms with Crippen LogP contribution in [0.3, 0.4) is 0 Å². The first-order valence-corrected chi connectivity index (χ1v) is 7.21. The predicted octanol–water partition coefficient (Wildman–Crippen LogP) is 3.45. The monoisotopic (exact) mass is 396 g/mol. The second-order valence-corrected chi connectivity index (χ2v) is 5.56. The molecule has 0 aliphatic rings. The Hall–Kier alpha value is -2.03. The highest BCUT2D eigenvalue weighted by molar-refractivity contribution is 14.1. The van der Waals surface area contributed by atoms with Crippen LogP contribution in [-0.2, 0) is 0 Å². The van der Waals surface area contributed by atoms with Crippen molar-refractivity contribution in [2.45, 2.75) is 6.92 Å². The van der Waals surface area contributed by atoms with Gasteiger partial charge in [0, 0.05) is 22.9 Å². The van der Waals surface area contributed by atoms with Gasteiger partial charge in [0.25, 0.3) is 0 Å². The first kappa shape index (κ1) is 15.4. The number of nitro groups is 1. The fourth-order valence-corrected chi connectivity index (χ4v) is 2.16. The van der Waals surface area contributed by atoms with Crippen LogP contribution < -0.4 is 5.01 Å². The molecule has 21 heavy (non-hydrogen) atoms. The number of aromatic nitrogens is 1. The molecule has 0 atom stereocenters. The molecule has 2 rings (SSSR count). The summed E-state index contributed by atoms with van der Waals surface area (Å²) in [5.74, 6) is 0.215. The van der Waals surface area contributed by atoms with Gasteiger partial charge in [-0.05, 0) is 53.3 Å². The van der Waals surface area contributed by atoms with Crippen LogP contribution in [-0.4, -0.2) is 22.7 Å². The molecular weight excluding hydrogens is 383 g/mol. The normalized spacial score (nSPS) is 11.3. The van der Waals surface area contributed by atoms with Gasteiger partial charge >= 0.3 is 5.69 Å². The number of nitrogens with zero attached hydrogens (tertiary/aromatic N) is 4. The van der Waals surface area contributed by atoms with Crippen LogP contribution in [0, 0.1) is 13.7 Å². The van der Waals surface area contributed by atoms with Crippen molar-refractivity contribution in [3.8, 4) is 0 Å². The van der Waals surface area contributed by atoms with E-state index in [2.05, 4.69) is 32.7 Å². The molecule has 0 aliphatic carbocycles. The zero-order valence-electron chi connectivity index (χ0n) is 11.5. The summed E-state index contributed by atoms with van der Waals surface area (Å²) in [5.41, 5.74) is 1.65. The Morgan fingerprint density at radius 3 is 2.62 bits per heavy atom. The quantitative estimate of drug-likeness (QED) is 0.344. The summed E-state index contributed by atoms with van der Waals surface area (Å²) >= 11 is 2.23. The lowest BCUT2D eigenvalue weighted by Gasteiger charge is -2.13. The number of anilines is 1. The Balaban J connectivity index is 2.32. The molecule has 0 N–H and O–H groups in total. The van der Waals surface area contributed by atoms with Gasteiger partial charge in [-0.1, -0.05) is 12.1 Å². The summed E-state index contributed by atoms with van der Waals surface area (Å²) in [5, 5.41) is 16.8. The summed E-state index contributed by atoms with van der Waals surface area (Å²) in [6.07, 6.45) is 1.51. The van der Waals surface area contributed by atoms with Crippen molar-refractivity contribution < 1.29 is 4.92 Å². The highest BCUT2D eigenvalue weighted by Crippen LogP contribution is 2.24. The molecule has 0 unspecified atom stereocenters. The van der Waals surface area contributed by atoms with Crippen molar-refractivity contribution in [3.05, 3.63) is 61.8 Å². The minimum atomic E-state index is -0.464. The SMILES string of the molecule is C/C(=N\N(C)c1ncccc1[N+](=O)[O-])c1ccc(I)cc1. The highest BCUT2D eigenvalue weighted by atomic mass is 127. The smallest absolute Gasteiger partial charge is 0.258 e. The molecule has 2 aromatic rings. The van der Waals surface area contributed by atoms with E-state index in [0.29, 0.717) is 0 Å². The minimum Gasteiger partial charge on any atom is -0.258 e. The standard InChI is InChI=1S/C14H13IN4O2/c1-10(11-5-7-12(15)8-6-11)17-18(2)14-13(19(20)21)4-3-9-16-14/h3-9H,1-2H3/b17-10+. The fraction of sp³-hybridized carbons (Fsp3) is 0.143. The maximum absolute atomic E-state index is 11.0. The van der Waals surface area contributed by atoms with Gasteiger partial charge in [0.2, 0.25) is 5.82 Å². The molecule has 0 radical (unpaired) electrons. The lowest BCUT2D eigenvalue weighted by Crippen LogP contribution is -2.15. The summed E-state index contributed by atoms with van der Waals surface area (Å²) in [6, 6.07) is 10.8. The minimum absolute atomic E-state index is 0.0702. The highest BCUT2D eigenvalue weighted by Gasteiger charge is 2.17. The van der Waals surface area contributed by atoms with Crippen LogP contribution in [0.4, 0.5) is 11.5 Å². The van der Waals surface area contributed by atoms with Crippen molar-refractivity contribution in [2.24, 2.45) is 5.10 Å². The molecule has 0 amide bonds. The van der Waals surface area contributed by atoms with Crippen LogP contribution in [0.15, 0.2) is 47.7 Å². The molecule has 1 aromatic carbocycles. The van der Waals surface area contributed by atoms with Gasteiger partial charge in [0.15, 0.2) is 0 Å². The summed E-state index contributed by atoms with van der Waals surface area (Å²) in [4.78, 5) is 14.6. The average molecular weight is 396 g/mol. The molecule has 108 valence electrons. The number of halogens is 1. The summed E-state index contributed by atoms with van der Waals surface area (Å²) < 4.78 is 1.14. The van der Waals surface area contributed by atoms with E-state index in [9.17, 15) is 10.1 Å². The maximum Gasteiger partial charge on any atom is 0.313 e. The molecule has 1 aromatic heterocycles. The molecule has 0 bridgehead atoms. The molecule has 0 saturated heterocycles. The van der Waals surface area contributed by atoms with Crippen LogP contribution >= 0.6 is 22.6 Å². The fourth-order valence-electron chi connectivity index (χ4n) is 1.80. The van der Waals surface area contributed by atoms with Crippen molar-refractivity contribution in [1.82, 2.24) is 4.98 Å². The van der Waals surface area contributed by atoms with E-state index in [1.54, 1.807) is 7.05 Å². The number of benzene rings is 1. The van der Waals surface area contributed by atoms with Crippen LogP contribution in [0.5, 0.6) is 0 Å². The van der Waals surface area contributed by atoms with E-state index in [1.165, 1.54) is 23.3 Å². The lowest BCUT2D eigenvalue weighted by molar-refractivity contribution is -0.384. The molecule has 0 fully saturated rings. The Labute approximate surface area is 135 Å². The van der Waals surface area contributed by atoms with E-state index < -0.39 is 4.92 Å². The zero-order chi connectivity index (χ0) is 15.4. The number of pyridine rings is 1. The lowest BCUT2D eigenvalue weighted by atomic mass is 10.1.